The third-order valence-corrected chi connectivity index (χ3v) is 3.58. The first-order valence-corrected chi connectivity index (χ1v) is 6.59. The molecule has 1 atom stereocenters. The molecule has 0 bridgehead atoms. The fourth-order valence-electron chi connectivity index (χ4n) is 0.267. The molecule has 0 spiro atoms. The molecule has 0 radical (unpaired) electrons. The predicted molar refractivity (Wildman–Crippen MR) is 129 cm³/mol. The summed E-state index contributed by atoms with van der Waals surface area (Å²) in [6.45, 7) is 0. The van der Waals surface area contributed by atoms with Crippen LogP contribution < -0.4 is 0 Å². The van der Waals surface area contributed by atoms with Crippen LogP contribution in [0.3, 0.4) is 0 Å². The molecule has 0 rings (SSSR count). The molecule has 0 heterocycles. The van der Waals surface area contributed by atoms with Crippen LogP contribution in [0.4, 0.5) is 0 Å². The molecule has 37 heteroatoms. The van der Waals surface area contributed by atoms with Crippen LogP contribution in [0.25, 0.3) is 0 Å². The molecule has 0 amide bonds. The van der Waals surface area contributed by atoms with Crippen molar-refractivity contribution >= 4 is 85.2 Å². The first kappa shape index (κ1) is 301. The molecule has 0 aromatic carbocycles. The Hall–Kier alpha value is 1.29. The van der Waals surface area contributed by atoms with Crippen molar-refractivity contribution in [3.63, 3.8) is 0 Å². The van der Waals surface area contributed by atoms with Crippen LogP contribution in [0.2, 0.25) is 0 Å². The summed E-state index contributed by atoms with van der Waals surface area (Å²) in [6.07, 6.45) is 0. The van der Waals surface area contributed by atoms with Gasteiger partial charge in [0.25, 0.3) is 0 Å². The molecule has 0 saturated heterocycles. The van der Waals surface area contributed by atoms with E-state index in [0.29, 0.717) is 0 Å². The van der Waals surface area contributed by atoms with Gasteiger partial charge in [0, 0.05) is 0 Å². The van der Waals surface area contributed by atoms with Crippen molar-refractivity contribution in [1.82, 2.24) is 0 Å². The molecule has 0 aromatic rings. The summed E-state index contributed by atoms with van der Waals surface area (Å²) in [7, 11) is -16.3. The fourth-order valence-corrected chi connectivity index (χ4v) is 2.65. The van der Waals surface area contributed by atoms with E-state index in [9.17, 15) is 17.5 Å². The zero-order valence-corrected chi connectivity index (χ0v) is 19.1. The van der Waals surface area contributed by atoms with Gasteiger partial charge in [0.05, 0.1) is 0 Å². The van der Waals surface area contributed by atoms with Crippen LogP contribution in [-0.2, 0) is 27.8 Å². The SMILES string of the molecule is O.O.O.O.O.O.O.O.O.O.O.O.O.O.O.O.O.O.O.O.O.O.O=P(O)(O)OP(=O)(O)OS(=O)(=O)O.[NaH].[NaH]. The third kappa shape index (κ3) is 263. The molecule has 0 saturated carbocycles. The molecule has 32 nitrogen and oxygen atoms in total. The molecular formula is H50Na2O32P2S. The van der Waals surface area contributed by atoms with E-state index >= 15 is 0 Å². The molecule has 0 aliphatic rings. The van der Waals surface area contributed by atoms with E-state index in [1.54, 1.807) is 0 Å². The molecule has 0 aliphatic carbocycles. The van der Waals surface area contributed by atoms with E-state index in [2.05, 4.69) is 8.28 Å². The Bertz CT molecular complexity index is 370. The average Bonchev–Trinajstić information content (AvgIpc) is 1.43. The van der Waals surface area contributed by atoms with Gasteiger partial charge in [0.1, 0.15) is 0 Å². The fraction of sp³-hybridized carbons (Fsp3) is 0. The van der Waals surface area contributed by atoms with Crippen molar-refractivity contribution in [2.75, 3.05) is 0 Å². The summed E-state index contributed by atoms with van der Waals surface area (Å²) in [5.74, 6) is 0. The monoisotopic (exact) mass is 702 g/mol. The molecule has 37 heavy (non-hydrogen) atoms. The van der Waals surface area contributed by atoms with E-state index < -0.39 is 26.0 Å². The van der Waals surface area contributed by atoms with Gasteiger partial charge in [-0.3, -0.25) is 4.55 Å². The minimum absolute atomic E-state index is 0. The van der Waals surface area contributed by atoms with Gasteiger partial charge in [-0.2, -0.15) is 12.7 Å². The number of phosphoric acid groups is 2. The quantitative estimate of drug-likeness (QED) is 0.122. The molecule has 0 fully saturated rings. The van der Waals surface area contributed by atoms with Crippen molar-refractivity contribution in [2.45, 2.75) is 0 Å². The average molecular weight is 702 g/mol. The van der Waals surface area contributed by atoms with E-state index in [0.717, 1.165) is 0 Å². The van der Waals surface area contributed by atoms with Crippen LogP contribution in [0.1, 0.15) is 0 Å². The number of hydrogen-bond donors (Lipinski definition) is 4. The Morgan fingerprint density at radius 1 is 0.432 bits per heavy atom. The van der Waals surface area contributed by atoms with Gasteiger partial charge in [-0.1, -0.05) is 0 Å². The van der Waals surface area contributed by atoms with Gasteiger partial charge in [0.2, 0.25) is 0 Å². The second-order valence-electron chi connectivity index (χ2n) is 1.54. The summed E-state index contributed by atoms with van der Waals surface area (Å²) < 4.78 is 53.6. The summed E-state index contributed by atoms with van der Waals surface area (Å²) in [5, 5.41) is 0. The Balaban J connectivity index is -0.00000000261. The summed E-state index contributed by atoms with van der Waals surface area (Å²) in [4.78, 5) is 24.2. The molecule has 0 aromatic heterocycles. The van der Waals surface area contributed by atoms with Crippen LogP contribution in [-0.4, -0.2) is 207 Å². The van der Waals surface area contributed by atoms with Gasteiger partial charge in [-0.05, 0) is 0 Å². The Morgan fingerprint density at radius 3 is 0.649 bits per heavy atom. The van der Waals surface area contributed by atoms with Crippen LogP contribution in [0.5, 0.6) is 0 Å². The normalized spacial score (nSPS) is 6.38. The Kier molecular flexibility index (Phi) is 883. The third-order valence-electron chi connectivity index (χ3n) is 0.398. The second kappa shape index (κ2) is 108. The minimum atomic E-state index is -5.54. The van der Waals surface area contributed by atoms with Gasteiger partial charge in [-0.15, -0.1) is 3.97 Å². The molecular weight excluding hydrogens is 652 g/mol. The summed E-state index contributed by atoms with van der Waals surface area (Å²) in [5.41, 5.74) is 0. The van der Waals surface area contributed by atoms with Gasteiger partial charge >= 0.3 is 85.2 Å². The van der Waals surface area contributed by atoms with E-state index in [1.807, 2.05) is 0 Å². The van der Waals surface area contributed by atoms with Crippen molar-refractivity contribution < 1.29 is 166 Å². The standard InChI is InChI=1S/2Na.H4O10P2S.22H2O.2H/c;;1-11(2,3)9-12(4,5)10-13(6,7)8;;;;;;;;;;;;;;;;;;;;;;;;/h;;(H,4,5)(H2,1,2,3)(H,6,7,8);22*1H2;;. The molecule has 1 unspecified atom stereocenters. The van der Waals surface area contributed by atoms with Crippen molar-refractivity contribution in [3.05, 3.63) is 0 Å². The number of rotatable bonds is 4. The molecule has 0 aliphatic heterocycles. The van der Waals surface area contributed by atoms with Crippen molar-refractivity contribution in [1.29, 1.82) is 0 Å². The number of hydrogen-bond acceptors (Lipinski definition) is 6. The zero-order valence-electron chi connectivity index (χ0n) is 16.5. The Morgan fingerprint density at radius 2 is 0.568 bits per heavy atom. The van der Waals surface area contributed by atoms with Gasteiger partial charge < -0.3 is 135 Å². The molecule has 48 N–H and O–H groups in total. The second-order valence-corrected chi connectivity index (χ2v) is 5.57. The molecule has 260 valence electrons. The Labute approximate surface area is 249 Å². The first-order chi connectivity index (χ1) is 5.41. The maximum atomic E-state index is 10.3. The summed E-state index contributed by atoms with van der Waals surface area (Å²) >= 11 is 0. The van der Waals surface area contributed by atoms with E-state index in [1.165, 1.54) is 0 Å². The van der Waals surface area contributed by atoms with E-state index in [-0.39, 0.29) is 180 Å². The summed E-state index contributed by atoms with van der Waals surface area (Å²) in [6, 6.07) is 0. The topological polar surface area (TPSA) is 861 Å². The van der Waals surface area contributed by atoms with Crippen molar-refractivity contribution in [2.24, 2.45) is 0 Å². The zero-order chi connectivity index (χ0) is 10.9. The van der Waals surface area contributed by atoms with Gasteiger partial charge in [-0.25, -0.2) is 9.13 Å². The van der Waals surface area contributed by atoms with E-state index in [4.69, 9.17) is 19.2 Å². The van der Waals surface area contributed by atoms with Gasteiger partial charge in [0.15, 0.2) is 0 Å². The first-order valence-electron chi connectivity index (χ1n) is 2.20. The van der Waals surface area contributed by atoms with Crippen LogP contribution >= 0.6 is 15.6 Å². The predicted octanol–water partition coefficient (Wildman–Crippen LogP) is -20.4. The van der Waals surface area contributed by atoms with Crippen molar-refractivity contribution in [3.8, 4) is 0 Å². The van der Waals surface area contributed by atoms with Crippen LogP contribution in [0, 0.1) is 0 Å². The van der Waals surface area contributed by atoms with Crippen LogP contribution in [0.15, 0.2) is 0 Å². The maximum absolute atomic E-state index is 10.3.